The van der Waals surface area contributed by atoms with E-state index in [9.17, 15) is 25.5 Å². The van der Waals surface area contributed by atoms with Crippen LogP contribution in [0.4, 0.5) is 0 Å². The highest BCUT2D eigenvalue weighted by molar-refractivity contribution is 6.25. The van der Waals surface area contributed by atoms with Gasteiger partial charge in [0.1, 0.15) is 38.5 Å². The summed E-state index contributed by atoms with van der Waals surface area (Å²) in [5, 5.41) is 55.6. The van der Waals surface area contributed by atoms with Crippen LogP contribution in [0.25, 0.3) is 0 Å². The van der Waals surface area contributed by atoms with Crippen LogP contribution in [0.5, 0.6) is 0 Å². The van der Waals surface area contributed by atoms with E-state index in [2.05, 4.69) is 0 Å². The van der Waals surface area contributed by atoms with Crippen molar-refractivity contribution in [3.63, 3.8) is 0 Å². The molecule has 5 N–H and O–H groups in total. The molecule has 2 aliphatic rings. The second kappa shape index (κ2) is 7.28. The van der Waals surface area contributed by atoms with Gasteiger partial charge in [-0.25, -0.2) is 0 Å². The molecule has 184 valence electrons. The predicted molar refractivity (Wildman–Crippen MR) is 116 cm³/mol. The lowest BCUT2D eigenvalue weighted by atomic mass is 9.63. The summed E-state index contributed by atoms with van der Waals surface area (Å²) in [5.74, 6) is -5.02. The van der Waals surface area contributed by atoms with Crippen molar-refractivity contribution in [1.82, 2.24) is 0 Å². The topological polar surface area (TPSA) is 129 Å². The van der Waals surface area contributed by atoms with Crippen molar-refractivity contribution in [1.29, 1.82) is 0 Å². The van der Waals surface area contributed by atoms with E-state index < -0.39 is 62.5 Å². The van der Waals surface area contributed by atoms with Gasteiger partial charge in [0.25, 0.3) is 0 Å². The van der Waals surface area contributed by atoms with Gasteiger partial charge < -0.3 is 39.7 Å². The number of ether oxygens (including phenoxy) is 3. The molecule has 0 spiro atoms. The highest BCUT2D eigenvalue weighted by Gasteiger charge is 2.80. The summed E-state index contributed by atoms with van der Waals surface area (Å²) in [6.07, 6.45) is 0. The number of rotatable bonds is 5. The van der Waals surface area contributed by atoms with E-state index in [0.717, 1.165) is 0 Å². The first-order valence-corrected chi connectivity index (χ1v) is 11.4. The number of hydrogen-bond donors (Lipinski definition) is 5. The zero-order valence-electron chi connectivity index (χ0n) is 19.2. The fourth-order valence-corrected chi connectivity index (χ4v) is 5.53. The van der Waals surface area contributed by atoms with Crippen molar-refractivity contribution in [2.45, 2.75) is 105 Å². The van der Waals surface area contributed by atoms with Gasteiger partial charge in [-0.05, 0) is 55.4 Å². The van der Waals surface area contributed by atoms with Crippen LogP contribution < -0.4 is 0 Å². The van der Waals surface area contributed by atoms with E-state index >= 15 is 0 Å². The molecule has 9 atom stereocenters. The summed E-state index contributed by atoms with van der Waals surface area (Å²) in [7, 11) is 0. The lowest BCUT2D eigenvalue weighted by Crippen LogP contribution is -2.84. The fraction of sp³-hybridized carbons (Fsp3) is 1.00. The summed E-state index contributed by atoms with van der Waals surface area (Å²) in [4.78, 5) is -1.68. The molecule has 0 aromatic heterocycles. The quantitative estimate of drug-likeness (QED) is 0.352. The Hall–Kier alpha value is 0.550. The normalized spacial score (nSPS) is 60.4. The maximum Gasteiger partial charge on any atom is 0.217 e. The molecule has 2 heterocycles. The number of alkyl halides is 3. The van der Waals surface area contributed by atoms with Gasteiger partial charge in [-0.15, -0.1) is 34.8 Å². The first-order chi connectivity index (χ1) is 13.6. The lowest BCUT2D eigenvalue weighted by Gasteiger charge is -2.66. The maximum atomic E-state index is 11.5. The fourth-order valence-electron chi connectivity index (χ4n) is 4.57. The van der Waals surface area contributed by atoms with Crippen LogP contribution in [0.3, 0.4) is 0 Å². The number of aliphatic hydroxyl groups is 5. The van der Waals surface area contributed by atoms with Gasteiger partial charge in [0.2, 0.25) is 11.6 Å². The zero-order chi connectivity index (χ0) is 24.7. The van der Waals surface area contributed by atoms with Gasteiger partial charge in [-0.3, -0.25) is 0 Å². The van der Waals surface area contributed by atoms with Crippen molar-refractivity contribution in [3.05, 3.63) is 0 Å². The molecule has 31 heavy (non-hydrogen) atoms. The minimum absolute atomic E-state index is 0.224. The Kier molecular flexibility index (Phi) is 6.52. The highest BCUT2D eigenvalue weighted by Crippen LogP contribution is 2.61. The van der Waals surface area contributed by atoms with Crippen LogP contribution in [0.15, 0.2) is 0 Å². The number of aliphatic hydroxyl groups excluding tert-OH is 1. The predicted octanol–water partition coefficient (Wildman–Crippen LogP) is 1.46. The Morgan fingerprint density at radius 1 is 0.677 bits per heavy atom. The summed E-state index contributed by atoms with van der Waals surface area (Å²) in [5.41, 5.74) is -11.6. The van der Waals surface area contributed by atoms with Crippen molar-refractivity contribution in [3.8, 4) is 0 Å². The first kappa shape index (κ1) is 27.8. The van der Waals surface area contributed by atoms with Crippen LogP contribution in [0, 0.1) is 0 Å². The number of halogens is 3. The lowest BCUT2D eigenvalue weighted by molar-refractivity contribution is -0.471. The summed E-state index contributed by atoms with van der Waals surface area (Å²) in [6.45, 7) is 10.2. The Morgan fingerprint density at radius 3 is 1.52 bits per heavy atom. The van der Waals surface area contributed by atoms with E-state index in [1.54, 1.807) is 0 Å². The molecule has 8 nitrogen and oxygen atoms in total. The van der Waals surface area contributed by atoms with Gasteiger partial charge in [0, 0.05) is 0 Å². The van der Waals surface area contributed by atoms with E-state index in [4.69, 9.17) is 49.0 Å². The summed E-state index contributed by atoms with van der Waals surface area (Å²) < 4.78 is 18.2. The molecular formula is C20H35Cl3O8. The molecule has 2 aliphatic heterocycles. The van der Waals surface area contributed by atoms with E-state index in [-0.39, 0.29) is 5.88 Å². The standard InChI is InChI=1S/C20H35Cl3O8/c1-12(9-21)15(4,25)18(7,28)20(10-22,30-12)31-19(8)17(6,27)16(5,26)14(3,23)13(2,11-24)29-19/h24-28H,9-11H2,1-8H3/t12-,13?,14-,15-,16+,17?,18?,19+,20-/m0/s1. The molecule has 2 saturated heterocycles. The second-order valence-corrected chi connectivity index (χ2v) is 11.5. The van der Waals surface area contributed by atoms with Gasteiger partial charge in [-0.2, -0.15) is 0 Å². The van der Waals surface area contributed by atoms with Crippen LogP contribution >= 0.6 is 34.8 Å². The van der Waals surface area contributed by atoms with Crippen molar-refractivity contribution < 1.29 is 39.7 Å². The van der Waals surface area contributed by atoms with Crippen LogP contribution in [0.2, 0.25) is 0 Å². The van der Waals surface area contributed by atoms with Crippen molar-refractivity contribution in [2.24, 2.45) is 0 Å². The minimum Gasteiger partial charge on any atom is -0.393 e. The first-order valence-electron chi connectivity index (χ1n) is 9.97. The van der Waals surface area contributed by atoms with Gasteiger partial charge >= 0.3 is 0 Å². The Balaban J connectivity index is 2.72. The van der Waals surface area contributed by atoms with Gasteiger partial charge in [-0.1, -0.05) is 0 Å². The molecule has 0 aromatic carbocycles. The SMILES string of the molecule is CC1(O)[C@@](C)(O[C@]2(CCl)O[C@@](C)(CCl)[C@](C)(O)C2(C)O)OC(C)(CO)[C@](C)(Cl)[C@@]1(C)O. The van der Waals surface area contributed by atoms with E-state index in [0.29, 0.717) is 0 Å². The summed E-state index contributed by atoms with van der Waals surface area (Å²) in [6, 6.07) is 0. The molecular weight excluding hydrogens is 475 g/mol. The zero-order valence-corrected chi connectivity index (χ0v) is 21.5. The van der Waals surface area contributed by atoms with E-state index in [1.165, 1.54) is 55.4 Å². The average Bonchev–Trinajstić information content (AvgIpc) is 2.75. The third-order valence-corrected chi connectivity index (χ3v) is 9.99. The average molecular weight is 510 g/mol. The van der Waals surface area contributed by atoms with Gasteiger partial charge in [0.15, 0.2) is 0 Å². The van der Waals surface area contributed by atoms with Crippen molar-refractivity contribution >= 4 is 34.8 Å². The van der Waals surface area contributed by atoms with E-state index in [1.807, 2.05) is 0 Å². The molecule has 3 unspecified atom stereocenters. The molecule has 0 bridgehead atoms. The van der Waals surface area contributed by atoms with Crippen LogP contribution in [-0.2, 0) is 14.2 Å². The Bertz CT molecular complexity index is 727. The van der Waals surface area contributed by atoms with Gasteiger partial charge in [0.05, 0.1) is 18.4 Å². The molecule has 2 fully saturated rings. The maximum absolute atomic E-state index is 11.5. The third-order valence-electron chi connectivity index (χ3n) is 8.36. The largest absolute Gasteiger partial charge is 0.393 e. The molecule has 0 amide bonds. The van der Waals surface area contributed by atoms with Crippen molar-refractivity contribution in [2.75, 3.05) is 18.4 Å². The smallest absolute Gasteiger partial charge is 0.217 e. The highest BCUT2D eigenvalue weighted by atomic mass is 35.5. The molecule has 0 saturated carbocycles. The monoisotopic (exact) mass is 508 g/mol. The molecule has 0 aliphatic carbocycles. The summed E-state index contributed by atoms with van der Waals surface area (Å²) >= 11 is 18.9. The molecule has 0 aromatic rings. The molecule has 2 rings (SSSR count). The van der Waals surface area contributed by atoms with Crippen LogP contribution in [-0.4, -0.2) is 94.0 Å². The second-order valence-electron chi connectivity index (χ2n) is 10.2. The Labute approximate surface area is 198 Å². The number of hydrogen-bond acceptors (Lipinski definition) is 8. The minimum atomic E-state index is -2.23. The molecule has 11 heteroatoms. The molecule has 0 radical (unpaired) electrons. The Morgan fingerprint density at radius 2 is 1.16 bits per heavy atom. The third kappa shape index (κ3) is 3.04. The van der Waals surface area contributed by atoms with Crippen LogP contribution in [0.1, 0.15) is 55.4 Å².